The van der Waals surface area contributed by atoms with Crippen molar-refractivity contribution in [2.45, 2.75) is 33.4 Å². The van der Waals surface area contributed by atoms with E-state index in [4.69, 9.17) is 0 Å². The Morgan fingerprint density at radius 1 is 1.35 bits per heavy atom. The van der Waals surface area contributed by atoms with Crippen LogP contribution >= 0.6 is 0 Å². The molecule has 1 aromatic heterocycles. The number of rotatable bonds is 7. The summed E-state index contributed by atoms with van der Waals surface area (Å²) >= 11 is 0. The molecule has 114 valence electrons. The minimum atomic E-state index is -2.94. The molecule has 1 heterocycles. The van der Waals surface area contributed by atoms with E-state index in [1.165, 1.54) is 11.8 Å². The largest absolute Gasteiger partial charge is 0.359 e. The highest BCUT2D eigenvalue weighted by molar-refractivity contribution is 7.90. The molecule has 0 radical (unpaired) electrons. The Morgan fingerprint density at radius 3 is 2.50 bits per heavy atom. The number of pyridine rings is 1. The van der Waals surface area contributed by atoms with Crippen molar-refractivity contribution in [3.8, 4) is 0 Å². The highest BCUT2D eigenvalue weighted by Gasteiger charge is 2.09. The van der Waals surface area contributed by atoms with Crippen molar-refractivity contribution in [3.05, 3.63) is 23.4 Å². The van der Waals surface area contributed by atoms with Gasteiger partial charge in [0.1, 0.15) is 15.7 Å². The number of nitrogens with one attached hydrogen (secondary N) is 1. The molecule has 0 unspecified atom stereocenters. The van der Waals surface area contributed by atoms with E-state index >= 15 is 0 Å². The molecule has 0 bridgehead atoms. The van der Waals surface area contributed by atoms with Crippen molar-refractivity contribution in [1.29, 1.82) is 0 Å². The minimum Gasteiger partial charge on any atom is -0.359 e. The van der Waals surface area contributed by atoms with Gasteiger partial charge in [0.25, 0.3) is 0 Å². The van der Waals surface area contributed by atoms with Gasteiger partial charge < -0.3 is 10.2 Å². The smallest absolute Gasteiger partial charge is 0.149 e. The van der Waals surface area contributed by atoms with Crippen LogP contribution in [0.3, 0.4) is 0 Å². The van der Waals surface area contributed by atoms with E-state index in [-0.39, 0.29) is 5.75 Å². The Hall–Kier alpha value is -1.14. The van der Waals surface area contributed by atoms with E-state index in [1.807, 2.05) is 31.0 Å². The summed E-state index contributed by atoms with van der Waals surface area (Å²) in [7, 11) is -1.08. The average molecular weight is 299 g/mol. The molecule has 0 aliphatic carbocycles. The van der Waals surface area contributed by atoms with Crippen molar-refractivity contribution >= 4 is 15.7 Å². The van der Waals surface area contributed by atoms with Gasteiger partial charge in [0.05, 0.1) is 5.75 Å². The lowest BCUT2D eigenvalue weighted by Crippen LogP contribution is -2.26. The van der Waals surface area contributed by atoms with Crippen LogP contribution in [0.1, 0.15) is 25.1 Å². The first-order valence-corrected chi connectivity index (χ1v) is 8.84. The van der Waals surface area contributed by atoms with Gasteiger partial charge in [-0.05, 0) is 18.6 Å². The summed E-state index contributed by atoms with van der Waals surface area (Å²) < 4.78 is 22.4. The quantitative estimate of drug-likeness (QED) is 0.824. The van der Waals surface area contributed by atoms with Gasteiger partial charge in [-0.1, -0.05) is 19.9 Å². The van der Waals surface area contributed by atoms with Crippen LogP contribution in [0.4, 0.5) is 5.82 Å². The van der Waals surface area contributed by atoms with Crippen molar-refractivity contribution in [3.63, 3.8) is 0 Å². The van der Waals surface area contributed by atoms with Gasteiger partial charge >= 0.3 is 0 Å². The summed E-state index contributed by atoms with van der Waals surface area (Å²) in [5.41, 5.74) is 2.14. The summed E-state index contributed by atoms with van der Waals surface area (Å²) in [5, 5.41) is 3.36. The molecule has 0 saturated carbocycles. The van der Waals surface area contributed by atoms with Crippen LogP contribution in [0.5, 0.6) is 0 Å². The fourth-order valence-electron chi connectivity index (χ4n) is 1.71. The highest BCUT2D eigenvalue weighted by Crippen LogP contribution is 2.14. The molecule has 1 aromatic rings. The van der Waals surface area contributed by atoms with Crippen LogP contribution in [0.25, 0.3) is 0 Å². The van der Waals surface area contributed by atoms with Crippen LogP contribution in [0, 0.1) is 6.92 Å². The molecule has 0 aliphatic heterocycles. The molecular formula is C14H25N3O2S. The Labute approximate surface area is 122 Å². The number of anilines is 1. The van der Waals surface area contributed by atoms with Crippen LogP contribution in [-0.2, 0) is 16.4 Å². The minimum absolute atomic E-state index is 0.140. The van der Waals surface area contributed by atoms with E-state index in [0.29, 0.717) is 12.6 Å². The van der Waals surface area contributed by atoms with Gasteiger partial charge in [-0.2, -0.15) is 0 Å². The third kappa shape index (κ3) is 5.88. The second kappa shape index (κ2) is 7.04. The second-order valence-corrected chi connectivity index (χ2v) is 7.76. The fraction of sp³-hybridized carbons (Fsp3) is 0.643. The molecule has 0 saturated heterocycles. The van der Waals surface area contributed by atoms with Crippen LogP contribution in [0.15, 0.2) is 12.1 Å². The molecule has 0 amide bonds. The zero-order valence-corrected chi connectivity index (χ0v) is 13.8. The predicted octanol–water partition coefficient (Wildman–Crippen LogP) is 1.37. The Bertz CT molecular complexity index is 541. The molecule has 5 nitrogen and oxygen atoms in total. The maximum Gasteiger partial charge on any atom is 0.149 e. The number of sulfone groups is 1. The monoisotopic (exact) mass is 299 g/mol. The SMILES string of the molecule is Cc1nc(N(C)CCS(C)(=O)=O)ccc1CNC(C)C. The lowest BCUT2D eigenvalue weighted by Gasteiger charge is -2.19. The third-order valence-corrected chi connectivity index (χ3v) is 3.99. The molecule has 0 aromatic carbocycles. The molecule has 1 rings (SSSR count). The van der Waals surface area contributed by atoms with Gasteiger partial charge in [-0.15, -0.1) is 0 Å². The number of hydrogen-bond donors (Lipinski definition) is 1. The number of hydrogen-bond acceptors (Lipinski definition) is 5. The van der Waals surface area contributed by atoms with Crippen molar-refractivity contribution < 1.29 is 8.42 Å². The van der Waals surface area contributed by atoms with Gasteiger partial charge in [0.2, 0.25) is 0 Å². The second-order valence-electron chi connectivity index (χ2n) is 5.50. The Balaban J connectivity index is 2.71. The van der Waals surface area contributed by atoms with Gasteiger partial charge in [-0.25, -0.2) is 13.4 Å². The molecule has 0 fully saturated rings. The molecular weight excluding hydrogens is 274 g/mol. The van der Waals surface area contributed by atoms with Crippen molar-refractivity contribution in [1.82, 2.24) is 10.3 Å². The van der Waals surface area contributed by atoms with Crippen molar-refractivity contribution in [2.75, 3.05) is 30.5 Å². The lowest BCUT2D eigenvalue weighted by molar-refractivity contribution is 0.586. The summed E-state index contributed by atoms with van der Waals surface area (Å²) in [5.74, 6) is 0.945. The standard InChI is InChI=1S/C14H25N3O2S/c1-11(2)15-10-13-6-7-14(16-12(13)3)17(4)8-9-20(5,18)19/h6-7,11,15H,8-10H2,1-5H3. The van der Waals surface area contributed by atoms with Crippen molar-refractivity contribution in [2.24, 2.45) is 0 Å². The number of aromatic nitrogens is 1. The summed E-state index contributed by atoms with van der Waals surface area (Å²) in [6.45, 7) is 7.44. The number of nitrogens with zero attached hydrogens (tertiary/aromatic N) is 2. The first-order chi connectivity index (χ1) is 9.19. The van der Waals surface area contributed by atoms with E-state index in [0.717, 1.165) is 18.1 Å². The summed E-state index contributed by atoms with van der Waals surface area (Å²) in [4.78, 5) is 6.41. The molecule has 0 aliphatic rings. The maximum atomic E-state index is 11.2. The van der Waals surface area contributed by atoms with Crippen LogP contribution < -0.4 is 10.2 Å². The van der Waals surface area contributed by atoms with E-state index in [2.05, 4.69) is 24.1 Å². The van der Waals surface area contributed by atoms with Gasteiger partial charge in [-0.3, -0.25) is 0 Å². The summed E-state index contributed by atoms with van der Waals surface area (Å²) in [6.07, 6.45) is 1.25. The van der Waals surface area contributed by atoms with Crippen LogP contribution in [-0.4, -0.2) is 45.0 Å². The molecule has 0 atom stereocenters. The zero-order valence-electron chi connectivity index (χ0n) is 13.0. The van der Waals surface area contributed by atoms with E-state index in [9.17, 15) is 8.42 Å². The average Bonchev–Trinajstić information content (AvgIpc) is 2.33. The van der Waals surface area contributed by atoms with E-state index < -0.39 is 9.84 Å². The zero-order chi connectivity index (χ0) is 15.3. The third-order valence-electron chi connectivity index (χ3n) is 3.07. The topological polar surface area (TPSA) is 62.3 Å². The number of aryl methyl sites for hydroxylation is 1. The van der Waals surface area contributed by atoms with E-state index in [1.54, 1.807) is 0 Å². The molecule has 0 spiro atoms. The predicted molar refractivity (Wildman–Crippen MR) is 83.9 cm³/mol. The van der Waals surface area contributed by atoms with Gasteiger partial charge in [0.15, 0.2) is 0 Å². The Kier molecular flexibility index (Phi) is 5.95. The summed E-state index contributed by atoms with van der Waals surface area (Å²) in [6, 6.07) is 4.42. The maximum absolute atomic E-state index is 11.2. The molecule has 20 heavy (non-hydrogen) atoms. The lowest BCUT2D eigenvalue weighted by atomic mass is 10.2. The molecule has 6 heteroatoms. The Morgan fingerprint density at radius 2 is 2.00 bits per heavy atom. The first-order valence-electron chi connectivity index (χ1n) is 6.78. The first kappa shape index (κ1) is 16.9. The fourth-order valence-corrected chi connectivity index (χ4v) is 2.31. The molecule has 1 N–H and O–H groups in total. The normalized spacial score (nSPS) is 11.9. The highest BCUT2D eigenvalue weighted by atomic mass is 32.2. The van der Waals surface area contributed by atoms with Gasteiger partial charge in [0, 0.05) is 38.1 Å². The van der Waals surface area contributed by atoms with Crippen LogP contribution in [0.2, 0.25) is 0 Å².